The number of nitrogens with zero attached hydrogens (tertiary/aromatic N) is 2. The molecule has 10 heavy (non-hydrogen) atoms. The maximum absolute atomic E-state index is 10.9. The first-order valence-electron chi connectivity index (χ1n) is 2.81. The molecule has 0 saturated carbocycles. The topological polar surface area (TPSA) is 34.9 Å². The van der Waals surface area contributed by atoms with Gasteiger partial charge in [0, 0.05) is 17.6 Å². The van der Waals surface area contributed by atoms with Crippen LogP contribution in [0.3, 0.4) is 0 Å². The van der Waals surface area contributed by atoms with Gasteiger partial charge in [0.1, 0.15) is 0 Å². The van der Waals surface area contributed by atoms with Crippen molar-refractivity contribution in [2.24, 2.45) is 7.05 Å². The highest BCUT2D eigenvalue weighted by Gasteiger charge is 1.97. The summed E-state index contributed by atoms with van der Waals surface area (Å²) in [6.07, 6.45) is 0. The van der Waals surface area contributed by atoms with Crippen molar-refractivity contribution >= 4 is 15.9 Å². The van der Waals surface area contributed by atoms with E-state index >= 15 is 0 Å². The number of aromatic nitrogens is 2. The highest BCUT2D eigenvalue weighted by molar-refractivity contribution is 9.10. The summed E-state index contributed by atoms with van der Waals surface area (Å²) < 4.78 is 2.07. The minimum Gasteiger partial charge on any atom is -0.268 e. The SMILES string of the molecule is Cc1nn(C)c(=O)cc1Br. The molecule has 0 radical (unpaired) electrons. The van der Waals surface area contributed by atoms with Crippen LogP contribution < -0.4 is 5.56 Å². The third-order valence-corrected chi connectivity index (χ3v) is 2.02. The number of rotatable bonds is 0. The van der Waals surface area contributed by atoms with Crippen LogP contribution in [0.2, 0.25) is 0 Å². The van der Waals surface area contributed by atoms with Gasteiger partial charge in [-0.1, -0.05) is 0 Å². The average Bonchev–Trinajstić information content (AvgIpc) is 1.84. The second-order valence-electron chi connectivity index (χ2n) is 2.04. The minimum atomic E-state index is -0.0996. The fourth-order valence-corrected chi connectivity index (χ4v) is 0.903. The molecule has 0 aliphatic rings. The van der Waals surface area contributed by atoms with Crippen molar-refractivity contribution in [2.45, 2.75) is 6.92 Å². The molecule has 0 atom stereocenters. The molecule has 1 aromatic heterocycles. The van der Waals surface area contributed by atoms with Crippen LogP contribution in [0.4, 0.5) is 0 Å². The van der Waals surface area contributed by atoms with Crippen molar-refractivity contribution in [3.05, 3.63) is 26.6 Å². The Hall–Kier alpha value is -0.640. The van der Waals surface area contributed by atoms with Crippen LogP contribution in [0.1, 0.15) is 5.69 Å². The normalized spacial score (nSPS) is 9.90. The Morgan fingerprint density at radius 1 is 1.70 bits per heavy atom. The van der Waals surface area contributed by atoms with Gasteiger partial charge < -0.3 is 0 Å². The average molecular weight is 203 g/mol. The van der Waals surface area contributed by atoms with Crippen LogP contribution in [0.15, 0.2) is 15.3 Å². The Morgan fingerprint density at radius 2 is 2.30 bits per heavy atom. The summed E-state index contributed by atoms with van der Waals surface area (Å²) in [5.41, 5.74) is 0.722. The molecule has 0 unspecified atom stereocenters. The van der Waals surface area contributed by atoms with Crippen LogP contribution >= 0.6 is 15.9 Å². The number of hydrogen-bond donors (Lipinski definition) is 0. The van der Waals surface area contributed by atoms with E-state index in [2.05, 4.69) is 21.0 Å². The van der Waals surface area contributed by atoms with E-state index in [1.54, 1.807) is 7.05 Å². The summed E-state index contributed by atoms with van der Waals surface area (Å²) in [5, 5.41) is 3.93. The lowest BCUT2D eigenvalue weighted by Crippen LogP contribution is -2.19. The predicted molar refractivity (Wildman–Crippen MR) is 41.9 cm³/mol. The van der Waals surface area contributed by atoms with Crippen LogP contribution in [-0.2, 0) is 7.05 Å². The molecule has 0 fully saturated rings. The second-order valence-corrected chi connectivity index (χ2v) is 2.89. The van der Waals surface area contributed by atoms with Crippen LogP contribution in [0.25, 0.3) is 0 Å². The van der Waals surface area contributed by atoms with Gasteiger partial charge in [0.2, 0.25) is 0 Å². The molecule has 1 rings (SSSR count). The zero-order valence-corrected chi connectivity index (χ0v) is 7.34. The van der Waals surface area contributed by atoms with Gasteiger partial charge in [0.25, 0.3) is 5.56 Å². The standard InChI is InChI=1S/C6H7BrN2O/c1-4-5(7)3-6(10)9(2)8-4/h3H,1-2H3. The van der Waals surface area contributed by atoms with E-state index in [-0.39, 0.29) is 5.56 Å². The Balaban J connectivity index is 3.43. The summed E-state index contributed by atoms with van der Waals surface area (Å²) >= 11 is 3.20. The molecule has 1 heterocycles. The summed E-state index contributed by atoms with van der Waals surface area (Å²) in [7, 11) is 1.63. The molecule has 0 bridgehead atoms. The second kappa shape index (κ2) is 2.54. The molecule has 0 aliphatic carbocycles. The largest absolute Gasteiger partial charge is 0.268 e. The van der Waals surface area contributed by atoms with Gasteiger partial charge in [-0.05, 0) is 22.9 Å². The van der Waals surface area contributed by atoms with Crippen molar-refractivity contribution in [1.29, 1.82) is 0 Å². The fraction of sp³-hybridized carbons (Fsp3) is 0.333. The van der Waals surface area contributed by atoms with E-state index in [0.717, 1.165) is 10.2 Å². The molecule has 3 nitrogen and oxygen atoms in total. The van der Waals surface area contributed by atoms with E-state index in [9.17, 15) is 4.79 Å². The van der Waals surface area contributed by atoms with E-state index in [1.165, 1.54) is 10.7 Å². The lowest BCUT2D eigenvalue weighted by molar-refractivity contribution is 0.689. The number of aryl methyl sites for hydroxylation is 2. The van der Waals surface area contributed by atoms with Gasteiger partial charge in [-0.15, -0.1) is 0 Å². The Morgan fingerprint density at radius 3 is 2.80 bits per heavy atom. The Bertz CT molecular complexity index is 305. The molecule has 0 saturated heterocycles. The summed E-state index contributed by atoms with van der Waals surface area (Å²) in [5.74, 6) is 0. The number of hydrogen-bond acceptors (Lipinski definition) is 2. The van der Waals surface area contributed by atoms with E-state index in [1.807, 2.05) is 6.92 Å². The minimum absolute atomic E-state index is 0.0996. The molecule has 4 heteroatoms. The third-order valence-electron chi connectivity index (χ3n) is 1.21. The van der Waals surface area contributed by atoms with Gasteiger partial charge >= 0.3 is 0 Å². The zero-order valence-electron chi connectivity index (χ0n) is 5.76. The molecular formula is C6H7BrN2O. The van der Waals surface area contributed by atoms with Gasteiger partial charge in [0.15, 0.2) is 0 Å². The molecule has 54 valence electrons. The summed E-state index contributed by atoms with van der Waals surface area (Å²) in [4.78, 5) is 10.9. The maximum atomic E-state index is 10.9. The maximum Gasteiger partial charge on any atom is 0.267 e. The fourth-order valence-electron chi connectivity index (χ4n) is 0.628. The first-order valence-corrected chi connectivity index (χ1v) is 3.61. The highest BCUT2D eigenvalue weighted by atomic mass is 79.9. The van der Waals surface area contributed by atoms with E-state index in [0.29, 0.717) is 0 Å². The summed E-state index contributed by atoms with van der Waals surface area (Å²) in [6, 6.07) is 1.50. The first kappa shape index (κ1) is 7.47. The molecule has 0 aliphatic heterocycles. The van der Waals surface area contributed by atoms with Crippen molar-refractivity contribution < 1.29 is 0 Å². The van der Waals surface area contributed by atoms with Gasteiger partial charge in [-0.3, -0.25) is 4.79 Å². The summed E-state index contributed by atoms with van der Waals surface area (Å²) in [6.45, 7) is 1.84. The lowest BCUT2D eigenvalue weighted by Gasteiger charge is -1.97. The van der Waals surface area contributed by atoms with Gasteiger partial charge in [-0.2, -0.15) is 5.10 Å². The van der Waals surface area contributed by atoms with Crippen LogP contribution in [-0.4, -0.2) is 9.78 Å². The number of halogens is 1. The zero-order chi connectivity index (χ0) is 7.72. The molecule has 0 aromatic carbocycles. The van der Waals surface area contributed by atoms with Crippen molar-refractivity contribution in [3.8, 4) is 0 Å². The molecule has 0 spiro atoms. The van der Waals surface area contributed by atoms with E-state index in [4.69, 9.17) is 0 Å². The molecule has 0 amide bonds. The first-order chi connectivity index (χ1) is 4.61. The monoisotopic (exact) mass is 202 g/mol. The molecule has 1 aromatic rings. The van der Waals surface area contributed by atoms with Gasteiger partial charge in [-0.25, -0.2) is 4.68 Å². The van der Waals surface area contributed by atoms with Gasteiger partial charge in [0.05, 0.1) is 5.69 Å². The van der Waals surface area contributed by atoms with E-state index < -0.39 is 0 Å². The van der Waals surface area contributed by atoms with Crippen molar-refractivity contribution in [2.75, 3.05) is 0 Å². The predicted octanol–water partition coefficient (Wildman–Crippen LogP) is 0.851. The lowest BCUT2D eigenvalue weighted by atomic mass is 10.4. The Kier molecular flexibility index (Phi) is 1.89. The van der Waals surface area contributed by atoms with Crippen molar-refractivity contribution in [3.63, 3.8) is 0 Å². The highest BCUT2D eigenvalue weighted by Crippen LogP contribution is 2.08. The Labute approximate surface area is 66.8 Å². The van der Waals surface area contributed by atoms with Crippen LogP contribution in [0.5, 0.6) is 0 Å². The third kappa shape index (κ3) is 1.26. The quantitative estimate of drug-likeness (QED) is 0.626. The molecular weight excluding hydrogens is 196 g/mol. The smallest absolute Gasteiger partial charge is 0.267 e. The molecule has 0 N–H and O–H groups in total. The van der Waals surface area contributed by atoms with Crippen molar-refractivity contribution in [1.82, 2.24) is 9.78 Å². The van der Waals surface area contributed by atoms with Crippen LogP contribution in [0, 0.1) is 6.92 Å².